The second-order valence-corrected chi connectivity index (χ2v) is 6.87. The molecular weight excluding hydrogens is 324 g/mol. The molecule has 0 saturated carbocycles. The zero-order chi connectivity index (χ0) is 17.8. The first kappa shape index (κ1) is 18.0. The minimum Gasteiger partial charge on any atom is -0.396 e. The van der Waals surface area contributed by atoms with Crippen LogP contribution in [-0.2, 0) is 0 Å². The Morgan fingerprint density at radius 1 is 1.32 bits per heavy atom. The van der Waals surface area contributed by atoms with E-state index in [1.54, 1.807) is 6.92 Å². The van der Waals surface area contributed by atoms with Crippen LogP contribution in [0.2, 0.25) is 0 Å². The molecule has 1 saturated heterocycles. The number of aromatic nitrogens is 1. The molecule has 0 radical (unpaired) electrons. The summed E-state index contributed by atoms with van der Waals surface area (Å²) >= 11 is 0. The van der Waals surface area contributed by atoms with Gasteiger partial charge in [-0.1, -0.05) is 0 Å². The molecule has 2 heterocycles. The maximum atomic E-state index is 14.0. The van der Waals surface area contributed by atoms with Gasteiger partial charge < -0.3 is 15.3 Å². The molecule has 0 aliphatic carbocycles. The van der Waals surface area contributed by atoms with Gasteiger partial charge in [-0.25, -0.2) is 13.8 Å². The van der Waals surface area contributed by atoms with E-state index in [0.717, 1.165) is 51.5 Å². The van der Waals surface area contributed by atoms with Crippen LogP contribution in [0.15, 0.2) is 18.2 Å². The Morgan fingerprint density at radius 2 is 2.16 bits per heavy atom. The average molecular weight is 349 g/mol. The third kappa shape index (κ3) is 4.44. The molecule has 2 N–H and O–H groups in total. The van der Waals surface area contributed by atoms with Gasteiger partial charge in [-0.3, -0.25) is 0 Å². The first-order valence-electron chi connectivity index (χ1n) is 8.90. The number of anilines is 1. The minimum absolute atomic E-state index is 0.200. The first-order chi connectivity index (χ1) is 12.1. The van der Waals surface area contributed by atoms with E-state index < -0.39 is 11.6 Å². The number of fused-ring (bicyclic) bond motifs is 1. The van der Waals surface area contributed by atoms with Gasteiger partial charge in [0.1, 0.15) is 11.3 Å². The highest BCUT2D eigenvalue weighted by atomic mass is 19.1. The number of rotatable bonds is 6. The van der Waals surface area contributed by atoms with E-state index >= 15 is 0 Å². The third-order valence-electron chi connectivity index (χ3n) is 4.79. The molecule has 1 atom stereocenters. The second kappa shape index (κ2) is 8.06. The zero-order valence-electron chi connectivity index (χ0n) is 14.6. The molecule has 136 valence electrons. The predicted molar refractivity (Wildman–Crippen MR) is 95.8 cm³/mol. The lowest BCUT2D eigenvalue weighted by Gasteiger charge is -2.31. The number of pyridine rings is 1. The monoisotopic (exact) mass is 349 g/mol. The average Bonchev–Trinajstić information content (AvgIpc) is 2.59. The molecule has 4 nitrogen and oxygen atoms in total. The Bertz CT molecular complexity index is 738. The Hall–Kier alpha value is -1.79. The topological polar surface area (TPSA) is 48.4 Å². The lowest BCUT2D eigenvalue weighted by Crippen LogP contribution is -2.37. The molecule has 1 aliphatic rings. The summed E-state index contributed by atoms with van der Waals surface area (Å²) in [4.78, 5) is 6.56. The molecule has 0 bridgehead atoms. The van der Waals surface area contributed by atoms with Gasteiger partial charge in [0.05, 0.1) is 0 Å². The fourth-order valence-corrected chi connectivity index (χ4v) is 3.56. The van der Waals surface area contributed by atoms with E-state index in [1.165, 1.54) is 6.07 Å². The molecule has 25 heavy (non-hydrogen) atoms. The number of aryl methyl sites for hydroxylation is 1. The molecular formula is C19H25F2N3O. The van der Waals surface area contributed by atoms with E-state index in [4.69, 9.17) is 0 Å². The van der Waals surface area contributed by atoms with Crippen LogP contribution in [0.4, 0.5) is 14.5 Å². The molecule has 1 aromatic heterocycles. The van der Waals surface area contributed by atoms with E-state index in [0.29, 0.717) is 22.7 Å². The van der Waals surface area contributed by atoms with Crippen molar-refractivity contribution in [2.24, 2.45) is 5.92 Å². The van der Waals surface area contributed by atoms with Crippen molar-refractivity contribution in [2.45, 2.75) is 26.2 Å². The molecule has 2 aromatic rings. The number of aliphatic hydroxyl groups excluding tert-OH is 1. The summed E-state index contributed by atoms with van der Waals surface area (Å²) in [5.74, 6) is -0.841. The van der Waals surface area contributed by atoms with Crippen LogP contribution in [0, 0.1) is 24.5 Å². The van der Waals surface area contributed by atoms with Gasteiger partial charge in [0.15, 0.2) is 5.82 Å². The van der Waals surface area contributed by atoms with Crippen molar-refractivity contribution in [3.63, 3.8) is 0 Å². The highest BCUT2D eigenvalue weighted by Crippen LogP contribution is 2.26. The van der Waals surface area contributed by atoms with Crippen LogP contribution >= 0.6 is 0 Å². The first-order valence-corrected chi connectivity index (χ1v) is 8.90. The van der Waals surface area contributed by atoms with E-state index in [2.05, 4.69) is 15.2 Å². The fraction of sp³-hybridized carbons (Fsp3) is 0.526. The molecule has 1 fully saturated rings. The minimum atomic E-state index is -0.634. The molecule has 1 aromatic carbocycles. The quantitative estimate of drug-likeness (QED) is 0.786. The lowest BCUT2D eigenvalue weighted by molar-refractivity contribution is 0.120. The van der Waals surface area contributed by atoms with E-state index in [-0.39, 0.29) is 12.1 Å². The lowest BCUT2D eigenvalue weighted by atomic mass is 9.99. The van der Waals surface area contributed by atoms with Gasteiger partial charge in [-0.05, 0) is 57.3 Å². The number of piperidine rings is 1. The summed E-state index contributed by atoms with van der Waals surface area (Å²) in [5, 5.41) is 13.1. The van der Waals surface area contributed by atoms with Crippen LogP contribution in [0.1, 0.15) is 25.0 Å². The van der Waals surface area contributed by atoms with Crippen LogP contribution < -0.4 is 5.32 Å². The van der Waals surface area contributed by atoms with Crippen molar-refractivity contribution in [1.29, 1.82) is 0 Å². The van der Waals surface area contributed by atoms with E-state index in [9.17, 15) is 13.9 Å². The van der Waals surface area contributed by atoms with Crippen LogP contribution in [0.25, 0.3) is 10.9 Å². The highest BCUT2D eigenvalue weighted by molar-refractivity contribution is 5.91. The number of benzene rings is 1. The van der Waals surface area contributed by atoms with Gasteiger partial charge in [-0.15, -0.1) is 0 Å². The Labute approximate surface area is 146 Å². The SMILES string of the molecule is Cc1cc(NCCCN2CCCC(CO)C2)c2cc(F)cc(F)c2n1. The summed E-state index contributed by atoms with van der Waals surface area (Å²) in [6.07, 6.45) is 3.16. The van der Waals surface area contributed by atoms with Crippen molar-refractivity contribution in [3.8, 4) is 0 Å². The maximum Gasteiger partial charge on any atom is 0.152 e. The van der Waals surface area contributed by atoms with Crippen LogP contribution in [0.5, 0.6) is 0 Å². The Morgan fingerprint density at radius 3 is 2.96 bits per heavy atom. The van der Waals surface area contributed by atoms with Crippen LogP contribution in [0.3, 0.4) is 0 Å². The summed E-state index contributed by atoms with van der Waals surface area (Å²) in [7, 11) is 0. The number of likely N-dealkylation sites (tertiary alicyclic amines) is 1. The molecule has 6 heteroatoms. The number of nitrogens with one attached hydrogen (secondary N) is 1. The van der Waals surface area contributed by atoms with Crippen LogP contribution in [-0.4, -0.2) is 47.8 Å². The van der Waals surface area contributed by atoms with Gasteiger partial charge in [0.25, 0.3) is 0 Å². The summed E-state index contributed by atoms with van der Waals surface area (Å²) in [5.41, 5.74) is 1.61. The fourth-order valence-electron chi connectivity index (χ4n) is 3.56. The summed E-state index contributed by atoms with van der Waals surface area (Å²) in [6.45, 7) is 5.75. The maximum absolute atomic E-state index is 14.0. The largest absolute Gasteiger partial charge is 0.396 e. The third-order valence-corrected chi connectivity index (χ3v) is 4.79. The van der Waals surface area contributed by atoms with Crippen molar-refractivity contribution in [1.82, 2.24) is 9.88 Å². The van der Waals surface area contributed by atoms with Gasteiger partial charge in [0, 0.05) is 42.5 Å². The molecule has 1 aliphatic heterocycles. The number of hydrogen-bond donors (Lipinski definition) is 2. The number of halogens is 2. The normalized spacial score (nSPS) is 18.6. The molecule has 1 unspecified atom stereocenters. The van der Waals surface area contributed by atoms with Crippen molar-refractivity contribution in [2.75, 3.05) is 38.1 Å². The van der Waals surface area contributed by atoms with Crippen molar-refractivity contribution < 1.29 is 13.9 Å². The number of hydrogen-bond acceptors (Lipinski definition) is 4. The van der Waals surface area contributed by atoms with Crippen molar-refractivity contribution >= 4 is 16.6 Å². The predicted octanol–water partition coefficient (Wildman–Crippen LogP) is 3.33. The smallest absolute Gasteiger partial charge is 0.152 e. The standard InChI is InChI=1S/C19H25F2N3O/c1-13-8-18(16-9-15(20)10-17(21)19(16)23-13)22-5-3-7-24-6-2-4-14(11-24)12-25/h8-10,14,25H,2-7,11-12H2,1H3,(H,22,23). The summed E-state index contributed by atoms with van der Waals surface area (Å²) < 4.78 is 27.5. The highest BCUT2D eigenvalue weighted by Gasteiger charge is 2.18. The Balaban J connectivity index is 1.61. The molecule has 3 rings (SSSR count). The number of aliphatic hydroxyl groups is 1. The van der Waals surface area contributed by atoms with Gasteiger partial charge >= 0.3 is 0 Å². The van der Waals surface area contributed by atoms with Crippen molar-refractivity contribution in [3.05, 3.63) is 35.5 Å². The Kier molecular flexibility index (Phi) is 5.81. The van der Waals surface area contributed by atoms with Gasteiger partial charge in [0.2, 0.25) is 0 Å². The van der Waals surface area contributed by atoms with Gasteiger partial charge in [-0.2, -0.15) is 0 Å². The van der Waals surface area contributed by atoms with E-state index in [1.807, 2.05) is 6.07 Å². The second-order valence-electron chi connectivity index (χ2n) is 6.87. The summed E-state index contributed by atoms with van der Waals surface area (Å²) in [6, 6.07) is 4.01. The zero-order valence-corrected chi connectivity index (χ0v) is 14.6. The number of nitrogens with zero attached hydrogens (tertiary/aromatic N) is 2. The molecule has 0 spiro atoms. The molecule has 0 amide bonds.